The number of aryl methyl sites for hydroxylation is 1. The van der Waals surface area contributed by atoms with E-state index in [2.05, 4.69) is 10.3 Å². The van der Waals surface area contributed by atoms with Crippen LogP contribution in [-0.4, -0.2) is 23.4 Å². The summed E-state index contributed by atoms with van der Waals surface area (Å²) in [6, 6.07) is 19.6. The number of carbonyl (C=O) groups excluding carboxylic acids is 1. The Labute approximate surface area is 185 Å². The lowest BCUT2D eigenvalue weighted by Gasteiger charge is -2.20. The predicted molar refractivity (Wildman–Crippen MR) is 126 cm³/mol. The summed E-state index contributed by atoms with van der Waals surface area (Å²) < 4.78 is 0. The number of anilines is 1. The number of halogens is 1. The lowest BCUT2D eigenvalue weighted by Crippen LogP contribution is -2.24. The Bertz CT molecular complexity index is 953. The van der Waals surface area contributed by atoms with Gasteiger partial charge in [0.2, 0.25) is 5.91 Å². The molecule has 150 valence electrons. The Morgan fingerprint density at radius 1 is 1.07 bits per heavy atom. The van der Waals surface area contributed by atoms with Crippen LogP contribution in [-0.2, 0) is 11.2 Å². The van der Waals surface area contributed by atoms with Gasteiger partial charge < -0.3 is 5.32 Å². The van der Waals surface area contributed by atoms with Gasteiger partial charge in [-0.2, -0.15) is 0 Å². The number of amides is 1. The summed E-state index contributed by atoms with van der Waals surface area (Å²) in [5.74, 6) is -0.382. The third-order valence-corrected chi connectivity index (χ3v) is 6.31. The molecule has 0 radical (unpaired) electrons. The molecule has 0 saturated heterocycles. The van der Waals surface area contributed by atoms with Gasteiger partial charge in [0.05, 0.1) is 11.6 Å². The zero-order chi connectivity index (χ0) is 20.8. The molecule has 3 aromatic rings. The van der Waals surface area contributed by atoms with Gasteiger partial charge in [0.15, 0.2) is 0 Å². The molecule has 3 nitrogen and oxygen atoms in total. The van der Waals surface area contributed by atoms with Gasteiger partial charge in [-0.3, -0.25) is 4.79 Å². The number of hydrogen-bond acceptors (Lipinski definition) is 4. The second-order valence-electron chi connectivity index (χ2n) is 6.63. The average molecular weight is 443 g/mol. The molecule has 2 aromatic carbocycles. The maximum Gasteiger partial charge on any atom is 0.232 e. The summed E-state index contributed by atoms with van der Waals surface area (Å²) >= 11 is 9.21. The van der Waals surface area contributed by atoms with Gasteiger partial charge in [-0.15, -0.1) is 23.5 Å². The van der Waals surface area contributed by atoms with E-state index in [9.17, 15) is 4.79 Å². The molecule has 0 saturated carbocycles. The molecule has 1 heterocycles. The van der Waals surface area contributed by atoms with Crippen LogP contribution in [0.3, 0.4) is 0 Å². The molecule has 0 aliphatic carbocycles. The fourth-order valence-electron chi connectivity index (χ4n) is 3.16. The van der Waals surface area contributed by atoms with Gasteiger partial charge in [-0.25, -0.2) is 4.98 Å². The van der Waals surface area contributed by atoms with Gasteiger partial charge >= 0.3 is 0 Å². The van der Waals surface area contributed by atoms with Gasteiger partial charge in [0, 0.05) is 15.6 Å². The summed E-state index contributed by atoms with van der Waals surface area (Å²) in [5.41, 5.74) is 3.77. The zero-order valence-electron chi connectivity index (χ0n) is 16.6. The summed E-state index contributed by atoms with van der Waals surface area (Å²) in [7, 11) is 0. The maximum atomic E-state index is 13.4. The molecule has 1 N–H and O–H groups in total. The third kappa shape index (κ3) is 5.56. The van der Waals surface area contributed by atoms with Crippen LogP contribution < -0.4 is 5.32 Å². The van der Waals surface area contributed by atoms with Crippen LogP contribution in [0, 0.1) is 6.92 Å². The first-order chi connectivity index (χ1) is 14.0. The molecular formula is C23H23ClN2OS2. The minimum atomic E-state index is -0.333. The average Bonchev–Trinajstić information content (AvgIpc) is 2.74. The van der Waals surface area contributed by atoms with Crippen molar-refractivity contribution in [2.75, 3.05) is 17.8 Å². The molecule has 0 spiro atoms. The fraction of sp³-hybridized carbons (Fsp3) is 0.217. The smallest absolute Gasteiger partial charge is 0.232 e. The lowest BCUT2D eigenvalue weighted by molar-refractivity contribution is -0.117. The van der Waals surface area contributed by atoms with Crippen molar-refractivity contribution >= 4 is 46.7 Å². The number of pyridine rings is 1. The molecule has 1 atom stereocenters. The molecule has 1 unspecified atom stereocenters. The van der Waals surface area contributed by atoms with Crippen molar-refractivity contribution in [3.63, 3.8) is 0 Å². The van der Waals surface area contributed by atoms with Crippen molar-refractivity contribution in [1.82, 2.24) is 4.98 Å². The highest BCUT2D eigenvalue weighted by molar-refractivity contribution is 7.99. The molecule has 0 bridgehead atoms. The van der Waals surface area contributed by atoms with E-state index in [1.165, 1.54) is 11.8 Å². The molecule has 0 aliphatic rings. The summed E-state index contributed by atoms with van der Waals surface area (Å²) in [6.07, 6.45) is 4.59. The van der Waals surface area contributed by atoms with E-state index in [1.54, 1.807) is 11.8 Å². The van der Waals surface area contributed by atoms with E-state index >= 15 is 0 Å². The van der Waals surface area contributed by atoms with Crippen LogP contribution >= 0.6 is 35.1 Å². The Morgan fingerprint density at radius 2 is 1.76 bits per heavy atom. The minimum absolute atomic E-state index is 0.0487. The molecule has 3 rings (SSSR count). The number of hydrogen-bond donors (Lipinski definition) is 1. The molecule has 1 aromatic heterocycles. The number of rotatable bonds is 7. The number of carbonyl (C=O) groups is 1. The summed E-state index contributed by atoms with van der Waals surface area (Å²) in [6.45, 7) is 1.97. The molecule has 29 heavy (non-hydrogen) atoms. The van der Waals surface area contributed by atoms with Gasteiger partial charge in [-0.05, 0) is 55.2 Å². The Balaban J connectivity index is 1.96. The molecule has 0 aliphatic heterocycles. The van der Waals surface area contributed by atoms with E-state index < -0.39 is 0 Å². The zero-order valence-corrected chi connectivity index (χ0v) is 19.0. The van der Waals surface area contributed by atoms with Crippen molar-refractivity contribution in [2.24, 2.45) is 0 Å². The number of nitrogens with zero attached hydrogens (tertiary/aromatic N) is 1. The van der Waals surface area contributed by atoms with E-state index in [-0.39, 0.29) is 11.8 Å². The highest BCUT2D eigenvalue weighted by Gasteiger charge is 2.24. The van der Waals surface area contributed by atoms with Gasteiger partial charge in [0.1, 0.15) is 5.03 Å². The van der Waals surface area contributed by atoms with Crippen molar-refractivity contribution < 1.29 is 4.79 Å². The van der Waals surface area contributed by atoms with Crippen LogP contribution in [0.1, 0.15) is 22.7 Å². The van der Waals surface area contributed by atoms with E-state index in [0.717, 1.165) is 32.4 Å². The number of benzene rings is 2. The minimum Gasteiger partial charge on any atom is -0.322 e. The van der Waals surface area contributed by atoms with Gasteiger partial charge in [-0.1, -0.05) is 54.1 Å². The normalized spacial score (nSPS) is 11.9. The Morgan fingerprint density at radius 3 is 2.38 bits per heavy atom. The monoisotopic (exact) mass is 442 g/mol. The standard InChI is InChI=1S/C23H23ClN2OS2/c1-15-13-20(28-2)21(23(25-15)29-3)26-22(27)19(14-16-7-5-4-6-8-16)17-9-11-18(24)12-10-17/h4-13,19H,14H2,1-3H3,(H,26,27). The fourth-order valence-corrected chi connectivity index (χ4v) is 4.59. The second-order valence-corrected chi connectivity index (χ2v) is 8.71. The van der Waals surface area contributed by atoms with Crippen LogP contribution in [0.15, 0.2) is 70.6 Å². The largest absolute Gasteiger partial charge is 0.322 e. The van der Waals surface area contributed by atoms with Gasteiger partial charge in [0.25, 0.3) is 0 Å². The molecule has 1 amide bonds. The SMILES string of the molecule is CSc1cc(C)nc(SC)c1NC(=O)C(Cc1ccccc1)c1ccc(Cl)cc1. The van der Waals surface area contributed by atoms with Crippen LogP contribution in [0.4, 0.5) is 5.69 Å². The number of nitrogens with one attached hydrogen (secondary N) is 1. The Kier molecular flexibility index (Phi) is 7.64. The third-order valence-electron chi connectivity index (χ3n) is 4.61. The molecule has 0 fully saturated rings. The highest BCUT2D eigenvalue weighted by Crippen LogP contribution is 2.35. The number of aromatic nitrogens is 1. The highest BCUT2D eigenvalue weighted by atomic mass is 35.5. The topological polar surface area (TPSA) is 42.0 Å². The maximum absolute atomic E-state index is 13.4. The summed E-state index contributed by atoms with van der Waals surface area (Å²) in [4.78, 5) is 19.0. The lowest BCUT2D eigenvalue weighted by atomic mass is 9.91. The van der Waals surface area contributed by atoms with Crippen LogP contribution in [0.5, 0.6) is 0 Å². The Hall–Kier alpha value is -1.95. The molecule has 6 heteroatoms. The first-order valence-electron chi connectivity index (χ1n) is 9.21. The van der Waals surface area contributed by atoms with E-state index in [1.807, 2.05) is 80.1 Å². The first-order valence-corrected chi connectivity index (χ1v) is 12.0. The van der Waals surface area contributed by atoms with Crippen LogP contribution in [0.25, 0.3) is 0 Å². The van der Waals surface area contributed by atoms with E-state index in [4.69, 9.17) is 11.6 Å². The summed E-state index contributed by atoms with van der Waals surface area (Å²) in [5, 5.41) is 4.65. The predicted octanol–water partition coefficient (Wildman–Crippen LogP) is 6.45. The van der Waals surface area contributed by atoms with Crippen molar-refractivity contribution in [3.05, 3.63) is 82.5 Å². The van der Waals surface area contributed by atoms with E-state index in [0.29, 0.717) is 11.4 Å². The second kappa shape index (κ2) is 10.2. The van der Waals surface area contributed by atoms with Crippen LogP contribution in [0.2, 0.25) is 5.02 Å². The number of thioether (sulfide) groups is 2. The van der Waals surface area contributed by atoms with Crippen molar-refractivity contribution in [3.8, 4) is 0 Å². The van der Waals surface area contributed by atoms with Crippen molar-refractivity contribution in [1.29, 1.82) is 0 Å². The first kappa shape index (κ1) is 21.8. The quantitative estimate of drug-likeness (QED) is 0.427. The molecular weight excluding hydrogens is 420 g/mol. The van der Waals surface area contributed by atoms with Crippen molar-refractivity contribution in [2.45, 2.75) is 29.2 Å².